The van der Waals surface area contributed by atoms with Crippen molar-refractivity contribution in [1.82, 2.24) is 10.2 Å². The van der Waals surface area contributed by atoms with Gasteiger partial charge in [0.2, 0.25) is 5.91 Å². The molecule has 0 fully saturated rings. The number of Topliss-reactive ketones (excluding diaryl/α,β-unsaturated/α-hetero) is 1. The molecule has 3 N–H and O–H groups in total. The highest BCUT2D eigenvalue weighted by Gasteiger charge is 2.26. The minimum Gasteiger partial charge on any atom is -0.493 e. The Balaban J connectivity index is 0.000000478. The average molecular weight is 702 g/mol. The lowest BCUT2D eigenvalue weighted by atomic mass is 9.91. The van der Waals surface area contributed by atoms with Crippen LogP contribution in [0.1, 0.15) is 121 Å². The molecule has 0 bridgehead atoms. The van der Waals surface area contributed by atoms with Crippen molar-refractivity contribution in [1.29, 1.82) is 0 Å². The Morgan fingerprint density at radius 2 is 1.64 bits per heavy atom. The number of unbranched alkanes of at least 4 members (excludes halogenated alkanes) is 1. The van der Waals surface area contributed by atoms with E-state index in [0.29, 0.717) is 17.9 Å². The molecule has 0 aliphatic carbocycles. The number of amides is 2. The topological polar surface area (TPSA) is 125 Å². The quantitative estimate of drug-likeness (QED) is 0.169. The Kier molecular flexibility index (Phi) is 19.0. The first kappa shape index (κ1) is 43.7. The molecule has 3 rings (SSSR count). The number of ketones is 1. The summed E-state index contributed by atoms with van der Waals surface area (Å²) >= 11 is 0. The molecule has 2 amide bonds. The molecule has 1 aliphatic heterocycles. The van der Waals surface area contributed by atoms with Crippen LogP contribution >= 0.6 is 0 Å². The molecule has 2 unspecified atom stereocenters. The number of carboxylic acids is 1. The van der Waals surface area contributed by atoms with Crippen LogP contribution in [0.15, 0.2) is 30.0 Å². The van der Waals surface area contributed by atoms with Gasteiger partial charge in [-0.2, -0.15) is 0 Å². The van der Waals surface area contributed by atoms with Crippen molar-refractivity contribution in [2.75, 3.05) is 25.5 Å². The van der Waals surface area contributed by atoms with Gasteiger partial charge >= 0.3 is 5.97 Å². The molecule has 0 aromatic heterocycles. The second-order valence-electron chi connectivity index (χ2n) is 12.2. The van der Waals surface area contributed by atoms with E-state index >= 15 is 0 Å². The van der Waals surface area contributed by atoms with E-state index in [4.69, 9.17) is 9.84 Å². The molecule has 9 nitrogen and oxygen atoms in total. The van der Waals surface area contributed by atoms with Crippen molar-refractivity contribution in [2.45, 2.75) is 113 Å². The number of rotatable bonds is 14. The number of hydrogen-bond acceptors (Lipinski definition) is 6. The van der Waals surface area contributed by atoms with Crippen LogP contribution in [0.3, 0.4) is 0 Å². The number of carboxylic acid groups (broad SMARTS) is 1. The second kappa shape index (κ2) is 21.7. The summed E-state index contributed by atoms with van der Waals surface area (Å²) in [5, 5.41) is 13.5. The van der Waals surface area contributed by atoms with Crippen molar-refractivity contribution in [3.63, 3.8) is 0 Å². The molecule has 1 heterocycles. The number of carbonyl (C=O) groups excluding carboxylic acids is 3. The molecule has 0 saturated carbocycles. The number of anilines is 1. The van der Waals surface area contributed by atoms with E-state index in [0.717, 1.165) is 68.4 Å². The summed E-state index contributed by atoms with van der Waals surface area (Å²) in [6.45, 7) is 17.4. The first-order chi connectivity index (χ1) is 23.7. The molecule has 2 atom stereocenters. The van der Waals surface area contributed by atoms with Crippen molar-refractivity contribution < 1.29 is 37.8 Å². The highest BCUT2D eigenvalue weighted by atomic mass is 19.1. The van der Waals surface area contributed by atoms with E-state index < -0.39 is 35.6 Å². The van der Waals surface area contributed by atoms with Crippen LogP contribution in [-0.2, 0) is 20.8 Å². The van der Waals surface area contributed by atoms with Crippen molar-refractivity contribution in [2.24, 2.45) is 5.92 Å². The highest BCUT2D eigenvalue weighted by Crippen LogP contribution is 2.37. The average Bonchev–Trinajstić information content (AvgIpc) is 3.09. The number of allylic oxidation sites excluding steroid dienone is 2. The van der Waals surface area contributed by atoms with Gasteiger partial charge in [-0.15, -0.1) is 0 Å². The number of aryl methyl sites for hydroxylation is 1. The summed E-state index contributed by atoms with van der Waals surface area (Å²) in [7, 11) is 1.74. The van der Waals surface area contributed by atoms with Gasteiger partial charge in [0, 0.05) is 41.5 Å². The van der Waals surface area contributed by atoms with Crippen molar-refractivity contribution >= 4 is 34.8 Å². The maximum absolute atomic E-state index is 14.0. The Morgan fingerprint density at radius 3 is 2.16 bits per heavy atom. The molecular weight excluding hydrogens is 644 g/mol. The minimum absolute atomic E-state index is 0.0284. The molecule has 2 aromatic carbocycles. The SMILES string of the molecule is CC.CCC(C)C(=O)N(C)/C(C)=C(\C(C)=O)c1ccc(C)c2c1OCCC2.CCCCC(CC)Nc1cc(F)c(C(=O)NCC(=O)O)c(F)c1. The third-order valence-corrected chi connectivity index (χ3v) is 8.60. The van der Waals surface area contributed by atoms with Gasteiger partial charge in [-0.05, 0) is 76.1 Å². The summed E-state index contributed by atoms with van der Waals surface area (Å²) in [4.78, 5) is 48.7. The third-order valence-electron chi connectivity index (χ3n) is 8.60. The first-order valence-corrected chi connectivity index (χ1v) is 17.7. The maximum atomic E-state index is 14.0. The van der Waals surface area contributed by atoms with Gasteiger partial charge in [0.1, 0.15) is 29.5 Å². The largest absolute Gasteiger partial charge is 0.493 e. The Hall–Kier alpha value is -4.28. The lowest BCUT2D eigenvalue weighted by Gasteiger charge is -2.27. The molecule has 2 aromatic rings. The van der Waals surface area contributed by atoms with E-state index in [1.807, 2.05) is 59.0 Å². The van der Waals surface area contributed by atoms with Crippen LogP contribution in [0.2, 0.25) is 0 Å². The monoisotopic (exact) mass is 701 g/mol. The fourth-order valence-electron chi connectivity index (χ4n) is 5.48. The highest BCUT2D eigenvalue weighted by molar-refractivity contribution is 6.21. The predicted molar refractivity (Wildman–Crippen MR) is 195 cm³/mol. The maximum Gasteiger partial charge on any atom is 0.322 e. The predicted octanol–water partition coefficient (Wildman–Crippen LogP) is 8.33. The van der Waals surface area contributed by atoms with E-state index in [1.165, 1.54) is 11.1 Å². The van der Waals surface area contributed by atoms with Crippen LogP contribution < -0.4 is 15.4 Å². The van der Waals surface area contributed by atoms with Crippen LogP contribution in [-0.4, -0.2) is 59.8 Å². The smallest absolute Gasteiger partial charge is 0.322 e. The molecule has 0 spiro atoms. The molecule has 1 aliphatic rings. The number of carbonyl (C=O) groups is 4. The Morgan fingerprint density at radius 1 is 1.02 bits per heavy atom. The number of ether oxygens (including phenoxy) is 1. The molecule has 50 heavy (non-hydrogen) atoms. The second-order valence-corrected chi connectivity index (χ2v) is 12.2. The van der Waals surface area contributed by atoms with Gasteiger partial charge in [-0.25, -0.2) is 8.78 Å². The van der Waals surface area contributed by atoms with Gasteiger partial charge in [0.25, 0.3) is 5.91 Å². The fraction of sp³-hybridized carbons (Fsp3) is 0.538. The van der Waals surface area contributed by atoms with Gasteiger partial charge in [-0.3, -0.25) is 19.2 Å². The van der Waals surface area contributed by atoms with Crippen LogP contribution in [0.4, 0.5) is 14.5 Å². The van der Waals surface area contributed by atoms with E-state index in [9.17, 15) is 28.0 Å². The van der Waals surface area contributed by atoms with Crippen LogP contribution in [0, 0.1) is 24.5 Å². The lowest BCUT2D eigenvalue weighted by molar-refractivity contribution is -0.136. The van der Waals surface area contributed by atoms with Gasteiger partial charge in [-0.1, -0.05) is 66.5 Å². The molecular formula is C39H57F2N3O6. The van der Waals surface area contributed by atoms with Gasteiger partial charge < -0.3 is 25.4 Å². The summed E-state index contributed by atoms with van der Waals surface area (Å²) in [6, 6.07) is 6.18. The lowest BCUT2D eigenvalue weighted by Crippen LogP contribution is -2.31. The van der Waals surface area contributed by atoms with E-state index in [1.54, 1.807) is 18.9 Å². The van der Waals surface area contributed by atoms with Crippen molar-refractivity contribution in [3.8, 4) is 5.75 Å². The van der Waals surface area contributed by atoms with E-state index in [-0.39, 0.29) is 29.3 Å². The number of hydrogen-bond donors (Lipinski definition) is 3. The molecule has 278 valence electrons. The third kappa shape index (κ3) is 12.2. The van der Waals surface area contributed by atoms with Crippen LogP contribution in [0.5, 0.6) is 5.75 Å². The number of halogens is 2. The zero-order valence-electron chi connectivity index (χ0n) is 31.5. The Bertz CT molecular complexity index is 1480. The normalized spacial score (nSPS) is 13.4. The summed E-state index contributed by atoms with van der Waals surface area (Å²) in [6.07, 6.45) is 6.45. The minimum atomic E-state index is -1.29. The number of nitrogens with one attached hydrogen (secondary N) is 2. The van der Waals surface area contributed by atoms with Crippen molar-refractivity contribution in [3.05, 3.63) is 63.9 Å². The van der Waals surface area contributed by atoms with E-state index in [2.05, 4.69) is 19.2 Å². The summed E-state index contributed by atoms with van der Waals surface area (Å²) in [5.74, 6) is -3.73. The standard InChI is InChI=1S/C21H29NO3.C16H22F2N2O3.C2H6/c1-7-13(2)21(24)22(6)15(4)19(16(5)23)18-11-10-14(3)17-9-8-12-25-20(17)18;1-3-5-6-10(4-2)20-11-7-12(17)15(13(18)8-11)16(23)19-9-14(21)22;1-2/h10-11,13H,7-9,12H2,1-6H3;7-8,10,20H,3-6,9H2,1-2H3,(H,19,23)(H,21,22);1-2H3/b19-15+;;. The zero-order chi connectivity index (χ0) is 38.1. The Labute approximate surface area is 296 Å². The van der Waals surface area contributed by atoms with Gasteiger partial charge in [0.05, 0.1) is 6.61 Å². The number of benzene rings is 2. The number of nitrogens with zero attached hydrogens (tertiary/aromatic N) is 1. The molecule has 0 saturated heterocycles. The fourth-order valence-corrected chi connectivity index (χ4v) is 5.48. The number of aliphatic carboxylic acids is 1. The summed E-state index contributed by atoms with van der Waals surface area (Å²) < 4.78 is 33.9. The summed E-state index contributed by atoms with van der Waals surface area (Å²) in [5.41, 5.74) is 3.88. The molecule has 0 radical (unpaired) electrons. The first-order valence-electron chi connectivity index (χ1n) is 17.7. The number of fused-ring (bicyclic) bond motifs is 1. The zero-order valence-corrected chi connectivity index (χ0v) is 31.5. The van der Waals surface area contributed by atoms with Crippen LogP contribution in [0.25, 0.3) is 5.57 Å². The van der Waals surface area contributed by atoms with Gasteiger partial charge in [0.15, 0.2) is 5.78 Å². The molecule has 11 heteroatoms.